The van der Waals surface area contributed by atoms with Crippen LogP contribution in [0.5, 0.6) is 0 Å². The number of hydrogen-bond acceptors (Lipinski definition) is 1. The molecule has 2 heteroatoms. The average molecular weight is 221 g/mol. The molecule has 0 atom stereocenters. The van der Waals surface area contributed by atoms with Gasteiger partial charge in [-0.1, -0.05) is 35.4 Å². The van der Waals surface area contributed by atoms with Crippen LogP contribution in [-0.4, -0.2) is 5.78 Å². The van der Waals surface area contributed by atoms with Crippen LogP contribution >= 0.6 is 11.6 Å². The molecule has 0 aliphatic carbocycles. The van der Waals surface area contributed by atoms with E-state index in [1.165, 1.54) is 0 Å². The number of halogens is 1. The van der Waals surface area contributed by atoms with E-state index in [2.05, 4.69) is 0 Å². The lowest BCUT2D eigenvalue weighted by atomic mass is 10.2. The minimum Gasteiger partial charge on any atom is -0.290 e. The molecule has 0 aliphatic heterocycles. The van der Waals surface area contributed by atoms with E-state index in [9.17, 15) is 4.79 Å². The third-order valence-corrected chi connectivity index (χ3v) is 1.99. The summed E-state index contributed by atoms with van der Waals surface area (Å²) in [4.78, 5) is 11.3. The van der Waals surface area contributed by atoms with Crippen LogP contribution in [0.15, 0.2) is 42.0 Å². The Morgan fingerprint density at radius 3 is 2.33 bits per heavy atom. The topological polar surface area (TPSA) is 17.1 Å². The quantitative estimate of drug-likeness (QED) is 0.707. The molecule has 0 heterocycles. The zero-order chi connectivity index (χ0) is 11.3. The van der Waals surface area contributed by atoms with E-state index in [-0.39, 0.29) is 5.78 Å². The Kier molecular flexibility index (Phi) is 4.32. The largest absolute Gasteiger partial charge is 0.290 e. The maximum atomic E-state index is 11.3. The third-order valence-electron chi connectivity index (χ3n) is 1.74. The van der Waals surface area contributed by atoms with Gasteiger partial charge in [0.2, 0.25) is 0 Å². The molecule has 1 aromatic rings. The predicted octanol–water partition coefficient (Wildman–Crippen LogP) is 3.89. The molecule has 0 unspecified atom stereocenters. The molecule has 0 aliphatic rings. The molecule has 0 fully saturated rings. The van der Waals surface area contributed by atoms with Gasteiger partial charge in [-0.2, -0.15) is 0 Å². The number of hydrogen-bond donors (Lipinski definition) is 0. The zero-order valence-electron chi connectivity index (χ0n) is 8.83. The predicted molar refractivity (Wildman–Crippen MR) is 64.9 cm³/mol. The molecule has 0 N–H and O–H groups in total. The summed E-state index contributed by atoms with van der Waals surface area (Å²) in [5.41, 5.74) is 1.97. The molecule has 0 aromatic heterocycles. The van der Waals surface area contributed by atoms with Crippen molar-refractivity contribution in [3.63, 3.8) is 0 Å². The van der Waals surface area contributed by atoms with Gasteiger partial charge >= 0.3 is 0 Å². The summed E-state index contributed by atoms with van der Waals surface area (Å²) >= 11 is 5.74. The minimum atomic E-state index is 0.00458. The highest BCUT2D eigenvalue weighted by Crippen LogP contribution is 2.10. The summed E-state index contributed by atoms with van der Waals surface area (Å²) in [6, 6.07) is 7.34. The van der Waals surface area contributed by atoms with Gasteiger partial charge in [0.1, 0.15) is 0 Å². The molecule has 0 saturated heterocycles. The van der Waals surface area contributed by atoms with Crippen molar-refractivity contribution in [2.24, 2.45) is 0 Å². The lowest BCUT2D eigenvalue weighted by molar-refractivity contribution is -0.110. The Labute approximate surface area is 95.1 Å². The first-order valence-electron chi connectivity index (χ1n) is 4.70. The van der Waals surface area contributed by atoms with E-state index >= 15 is 0 Å². The molecule has 15 heavy (non-hydrogen) atoms. The van der Waals surface area contributed by atoms with Crippen LogP contribution in [0, 0.1) is 0 Å². The third kappa shape index (κ3) is 4.61. The zero-order valence-corrected chi connectivity index (χ0v) is 9.58. The molecule has 1 rings (SSSR count). The molecule has 78 valence electrons. The monoisotopic (exact) mass is 220 g/mol. The second kappa shape index (κ2) is 5.52. The number of carbonyl (C=O) groups is 1. The Morgan fingerprint density at radius 1 is 1.20 bits per heavy atom. The fraction of sp³-hybridized carbons (Fsp3) is 0.154. The second-order valence-corrected chi connectivity index (χ2v) is 3.95. The Bertz CT molecular complexity index is 395. The van der Waals surface area contributed by atoms with Gasteiger partial charge < -0.3 is 0 Å². The smallest absolute Gasteiger partial charge is 0.178 e. The van der Waals surface area contributed by atoms with Gasteiger partial charge in [0.05, 0.1) is 0 Å². The lowest BCUT2D eigenvalue weighted by Crippen LogP contribution is -1.86. The van der Waals surface area contributed by atoms with E-state index < -0.39 is 0 Å². The molecular formula is C13H13ClO. The van der Waals surface area contributed by atoms with E-state index in [4.69, 9.17) is 11.6 Å². The van der Waals surface area contributed by atoms with Gasteiger partial charge in [0.15, 0.2) is 5.78 Å². The second-order valence-electron chi connectivity index (χ2n) is 3.51. The van der Waals surface area contributed by atoms with Gasteiger partial charge in [-0.15, -0.1) is 0 Å². The summed E-state index contributed by atoms with van der Waals surface area (Å²) in [5.74, 6) is 0.00458. The minimum absolute atomic E-state index is 0.00458. The van der Waals surface area contributed by atoms with Crippen LogP contribution in [0.2, 0.25) is 5.02 Å². The van der Waals surface area contributed by atoms with Crippen molar-refractivity contribution in [2.75, 3.05) is 0 Å². The van der Waals surface area contributed by atoms with Crippen molar-refractivity contribution in [2.45, 2.75) is 13.8 Å². The SMILES string of the molecule is CC(C)=CC(=O)C=Cc1ccc(Cl)cc1. The first kappa shape index (κ1) is 11.7. The number of benzene rings is 1. The first-order chi connectivity index (χ1) is 7.08. The molecular weight excluding hydrogens is 208 g/mol. The van der Waals surface area contributed by atoms with Crippen LogP contribution in [-0.2, 0) is 4.79 Å². The van der Waals surface area contributed by atoms with Gasteiger partial charge in [-0.05, 0) is 43.7 Å². The summed E-state index contributed by atoms with van der Waals surface area (Å²) < 4.78 is 0. The van der Waals surface area contributed by atoms with Crippen molar-refractivity contribution in [1.29, 1.82) is 0 Å². The Balaban J connectivity index is 2.70. The number of ketones is 1. The van der Waals surface area contributed by atoms with Gasteiger partial charge in [-0.25, -0.2) is 0 Å². The number of carbonyl (C=O) groups excluding carboxylic acids is 1. The molecule has 1 nitrogen and oxygen atoms in total. The molecule has 0 radical (unpaired) electrons. The van der Waals surface area contributed by atoms with E-state index in [1.807, 2.05) is 26.0 Å². The van der Waals surface area contributed by atoms with Crippen LogP contribution < -0.4 is 0 Å². The highest BCUT2D eigenvalue weighted by atomic mass is 35.5. The first-order valence-corrected chi connectivity index (χ1v) is 5.08. The van der Waals surface area contributed by atoms with Crippen molar-refractivity contribution >= 4 is 23.5 Å². The molecule has 0 spiro atoms. The van der Waals surface area contributed by atoms with Crippen molar-refractivity contribution < 1.29 is 4.79 Å². The maximum Gasteiger partial charge on any atom is 0.178 e. The maximum absolute atomic E-state index is 11.3. The Morgan fingerprint density at radius 2 is 1.80 bits per heavy atom. The van der Waals surface area contributed by atoms with Crippen LogP contribution in [0.3, 0.4) is 0 Å². The van der Waals surface area contributed by atoms with Crippen molar-refractivity contribution in [3.05, 3.63) is 52.6 Å². The fourth-order valence-corrected chi connectivity index (χ4v) is 1.21. The summed E-state index contributed by atoms with van der Waals surface area (Å²) in [6.07, 6.45) is 4.93. The van der Waals surface area contributed by atoms with Crippen molar-refractivity contribution in [3.8, 4) is 0 Å². The fourth-order valence-electron chi connectivity index (χ4n) is 1.08. The standard InChI is InChI=1S/C13H13ClO/c1-10(2)9-13(15)8-5-11-3-6-12(14)7-4-11/h3-9H,1-2H3. The van der Waals surface area contributed by atoms with Crippen LogP contribution in [0.25, 0.3) is 6.08 Å². The Hall–Kier alpha value is -1.34. The molecule has 0 amide bonds. The van der Waals surface area contributed by atoms with E-state index in [0.717, 1.165) is 11.1 Å². The lowest BCUT2D eigenvalue weighted by Gasteiger charge is -1.92. The average Bonchev–Trinajstić information content (AvgIpc) is 2.16. The van der Waals surface area contributed by atoms with Gasteiger partial charge in [0, 0.05) is 5.02 Å². The highest BCUT2D eigenvalue weighted by Gasteiger charge is 1.91. The van der Waals surface area contributed by atoms with E-state index in [1.54, 1.807) is 30.4 Å². The highest BCUT2D eigenvalue weighted by molar-refractivity contribution is 6.30. The summed E-state index contributed by atoms with van der Waals surface area (Å²) in [5, 5.41) is 0.697. The number of allylic oxidation sites excluding steroid dienone is 3. The normalized spacial score (nSPS) is 10.3. The summed E-state index contributed by atoms with van der Waals surface area (Å²) in [6.45, 7) is 3.79. The van der Waals surface area contributed by atoms with Crippen molar-refractivity contribution in [1.82, 2.24) is 0 Å². The van der Waals surface area contributed by atoms with Crippen LogP contribution in [0.1, 0.15) is 19.4 Å². The molecule has 1 aromatic carbocycles. The molecule has 0 bridgehead atoms. The number of rotatable bonds is 3. The van der Waals surface area contributed by atoms with Gasteiger partial charge in [0.25, 0.3) is 0 Å². The van der Waals surface area contributed by atoms with Crippen LogP contribution in [0.4, 0.5) is 0 Å². The summed E-state index contributed by atoms with van der Waals surface area (Å²) in [7, 11) is 0. The van der Waals surface area contributed by atoms with Gasteiger partial charge in [-0.3, -0.25) is 4.79 Å². The molecule has 0 saturated carbocycles. The van der Waals surface area contributed by atoms with E-state index in [0.29, 0.717) is 5.02 Å².